The summed E-state index contributed by atoms with van der Waals surface area (Å²) in [7, 11) is 1.60. The van der Waals surface area contributed by atoms with Crippen LogP contribution in [-0.4, -0.2) is 52.2 Å². The van der Waals surface area contributed by atoms with E-state index in [1.165, 1.54) is 17.9 Å². The number of aromatic nitrogens is 2. The number of fused-ring (bicyclic) bond motifs is 3. The van der Waals surface area contributed by atoms with E-state index >= 15 is 0 Å². The van der Waals surface area contributed by atoms with Crippen LogP contribution in [0.25, 0.3) is 0 Å². The molecule has 0 aliphatic carbocycles. The van der Waals surface area contributed by atoms with Crippen molar-refractivity contribution >= 4 is 34.9 Å². The lowest BCUT2D eigenvalue weighted by Gasteiger charge is -2.39. The van der Waals surface area contributed by atoms with Crippen molar-refractivity contribution in [2.45, 2.75) is 58.0 Å². The molecular formula is C34H32F3N7O3. The first-order chi connectivity index (χ1) is 22.3. The molecule has 2 aromatic heterocycles. The van der Waals surface area contributed by atoms with Gasteiger partial charge in [-0.05, 0) is 60.9 Å². The Bertz CT molecular complexity index is 1850. The molecule has 3 atom stereocenters. The van der Waals surface area contributed by atoms with Gasteiger partial charge in [0.15, 0.2) is 0 Å². The largest absolute Gasteiger partial charge is 0.416 e. The molecule has 1 saturated heterocycles. The summed E-state index contributed by atoms with van der Waals surface area (Å²) in [6.07, 6.45) is -1.71. The number of nitriles is 1. The van der Waals surface area contributed by atoms with Gasteiger partial charge in [0.25, 0.3) is 0 Å². The molecule has 0 spiro atoms. The van der Waals surface area contributed by atoms with Crippen molar-refractivity contribution < 1.29 is 27.6 Å². The fourth-order valence-corrected chi connectivity index (χ4v) is 7.03. The lowest BCUT2D eigenvalue weighted by atomic mass is 9.94. The second-order valence-corrected chi connectivity index (χ2v) is 12.2. The number of alkyl halides is 3. The molecular weight excluding hydrogens is 611 g/mol. The maximum absolute atomic E-state index is 14.1. The molecule has 3 aliphatic rings. The lowest BCUT2D eigenvalue weighted by molar-refractivity contribution is -0.137. The Morgan fingerprint density at radius 1 is 1.19 bits per heavy atom. The summed E-state index contributed by atoms with van der Waals surface area (Å²) >= 11 is 0. The van der Waals surface area contributed by atoms with Gasteiger partial charge in [-0.2, -0.15) is 18.4 Å². The molecule has 3 aliphatic heterocycles. The predicted molar refractivity (Wildman–Crippen MR) is 167 cm³/mol. The van der Waals surface area contributed by atoms with Gasteiger partial charge in [0.05, 0.1) is 41.2 Å². The van der Waals surface area contributed by atoms with E-state index in [0.717, 1.165) is 39.4 Å². The van der Waals surface area contributed by atoms with Crippen LogP contribution in [0.1, 0.15) is 52.5 Å². The van der Waals surface area contributed by atoms with E-state index in [-0.39, 0.29) is 43.4 Å². The number of anilines is 3. The molecule has 1 aromatic carbocycles. The van der Waals surface area contributed by atoms with Gasteiger partial charge in [0.2, 0.25) is 17.7 Å². The van der Waals surface area contributed by atoms with Crippen LogP contribution in [0.5, 0.6) is 0 Å². The van der Waals surface area contributed by atoms with E-state index in [4.69, 9.17) is 0 Å². The zero-order valence-corrected chi connectivity index (χ0v) is 26.1. The summed E-state index contributed by atoms with van der Waals surface area (Å²) in [5.41, 5.74) is 3.68. The molecule has 13 heteroatoms. The normalized spacial score (nSPS) is 20.7. The maximum atomic E-state index is 14.1. The minimum atomic E-state index is -4.66. The van der Waals surface area contributed by atoms with Crippen molar-refractivity contribution in [2.75, 3.05) is 28.3 Å². The van der Waals surface area contributed by atoms with E-state index in [1.54, 1.807) is 24.2 Å². The minimum Gasteiger partial charge on any atom is -0.365 e. The molecule has 0 bridgehead atoms. The third-order valence-electron chi connectivity index (χ3n) is 9.08. The van der Waals surface area contributed by atoms with Gasteiger partial charge in [-0.15, -0.1) is 0 Å². The van der Waals surface area contributed by atoms with Gasteiger partial charge >= 0.3 is 6.18 Å². The molecule has 0 N–H and O–H groups in total. The molecule has 1 fully saturated rings. The molecule has 47 heavy (non-hydrogen) atoms. The number of rotatable bonds is 5. The predicted octanol–water partition coefficient (Wildman–Crippen LogP) is 5.00. The third kappa shape index (κ3) is 5.58. The number of carbonyl (C=O) groups excluding carboxylic acids is 3. The Morgan fingerprint density at radius 3 is 2.66 bits per heavy atom. The van der Waals surface area contributed by atoms with Crippen LogP contribution in [0.3, 0.4) is 0 Å². The highest BCUT2D eigenvalue weighted by molar-refractivity contribution is 6.10. The standard InChI is InChI=1S/C34H32F3N7O3/c1-5-28(45)43-18-22-12-21(15-39-30(22)25(43)9-10-38)16-42-17-23-13-29(46)44(27-14-24(34(35,36)37)11-20(3)40-27)32(23)33(47)41(4)26-8-6-7-19(2)31(26)42/h5-8,11-12,14-15,23,25,32H,1,9,13,16-18H2,2-4H3/t23-,25+,32+/m1/s1. The molecule has 3 aromatic rings. The number of halogens is 3. The summed E-state index contributed by atoms with van der Waals surface area (Å²) in [6, 6.07) is 9.80. The van der Waals surface area contributed by atoms with Crippen LogP contribution in [-0.2, 0) is 33.6 Å². The number of hydrogen-bond donors (Lipinski definition) is 0. The van der Waals surface area contributed by atoms with Gasteiger partial charge in [-0.1, -0.05) is 18.7 Å². The first-order valence-corrected chi connectivity index (χ1v) is 15.1. The SMILES string of the molecule is C=CC(=O)N1Cc2cc(CN3C[C@H]4CC(=O)N(c5cc(C(F)(F)F)cc(C)n5)[C@@H]4C(=O)N(C)c4cccc(C)c43)cnc2[C@@H]1CC#N. The van der Waals surface area contributed by atoms with Crippen LogP contribution >= 0.6 is 0 Å². The van der Waals surface area contributed by atoms with Crippen LogP contribution < -0.4 is 14.7 Å². The summed E-state index contributed by atoms with van der Waals surface area (Å²) in [6.45, 7) is 7.78. The number of carbonyl (C=O) groups is 3. The lowest BCUT2D eigenvalue weighted by Crippen LogP contribution is -2.52. The quantitative estimate of drug-likeness (QED) is 0.360. The zero-order valence-electron chi connectivity index (χ0n) is 26.1. The van der Waals surface area contributed by atoms with Crippen molar-refractivity contribution in [3.63, 3.8) is 0 Å². The number of pyridine rings is 2. The second-order valence-electron chi connectivity index (χ2n) is 12.2. The number of aryl methyl sites for hydroxylation is 2. The maximum Gasteiger partial charge on any atom is 0.416 e. The Morgan fingerprint density at radius 2 is 1.96 bits per heavy atom. The van der Waals surface area contributed by atoms with Crippen molar-refractivity contribution in [2.24, 2.45) is 5.92 Å². The molecule has 0 radical (unpaired) electrons. The Kier molecular flexibility index (Phi) is 7.99. The third-order valence-corrected chi connectivity index (χ3v) is 9.08. The van der Waals surface area contributed by atoms with E-state index < -0.39 is 41.6 Å². The van der Waals surface area contributed by atoms with Gasteiger partial charge < -0.3 is 14.7 Å². The monoisotopic (exact) mass is 643 g/mol. The molecule has 242 valence electrons. The van der Waals surface area contributed by atoms with Crippen LogP contribution in [0, 0.1) is 31.1 Å². The summed E-state index contributed by atoms with van der Waals surface area (Å²) in [5, 5.41) is 9.39. The Labute approximate surface area is 269 Å². The number of likely N-dealkylation sites (N-methyl/N-ethyl adjacent to an activating group) is 1. The summed E-state index contributed by atoms with van der Waals surface area (Å²) < 4.78 is 41.2. The highest BCUT2D eigenvalue weighted by Crippen LogP contribution is 2.42. The van der Waals surface area contributed by atoms with Gasteiger partial charge in [-0.25, -0.2) is 4.98 Å². The average molecular weight is 644 g/mol. The number of benzene rings is 1. The highest BCUT2D eigenvalue weighted by Gasteiger charge is 2.49. The fourth-order valence-electron chi connectivity index (χ4n) is 7.03. The summed E-state index contributed by atoms with van der Waals surface area (Å²) in [4.78, 5) is 55.4. The minimum absolute atomic E-state index is 0.0597. The topological polar surface area (TPSA) is 114 Å². The van der Waals surface area contributed by atoms with Crippen molar-refractivity contribution in [3.8, 4) is 6.07 Å². The van der Waals surface area contributed by atoms with Gasteiger partial charge in [-0.3, -0.25) is 24.3 Å². The molecule has 10 nitrogen and oxygen atoms in total. The van der Waals surface area contributed by atoms with Crippen molar-refractivity contribution in [1.82, 2.24) is 14.9 Å². The molecule has 3 amide bonds. The Hall–Kier alpha value is -5.25. The fraction of sp³-hybridized carbons (Fsp3) is 0.353. The molecule has 6 rings (SSSR count). The van der Waals surface area contributed by atoms with Crippen LogP contribution in [0.4, 0.5) is 30.4 Å². The van der Waals surface area contributed by atoms with Gasteiger partial charge in [0.1, 0.15) is 11.9 Å². The van der Waals surface area contributed by atoms with Crippen molar-refractivity contribution in [3.05, 3.63) is 88.9 Å². The highest BCUT2D eigenvalue weighted by atomic mass is 19.4. The zero-order chi connectivity index (χ0) is 33.8. The summed E-state index contributed by atoms with van der Waals surface area (Å²) in [5.74, 6) is -1.96. The van der Waals surface area contributed by atoms with E-state index in [9.17, 15) is 32.8 Å². The van der Waals surface area contributed by atoms with E-state index in [0.29, 0.717) is 17.9 Å². The Balaban J connectivity index is 1.40. The first-order valence-electron chi connectivity index (χ1n) is 15.1. The van der Waals surface area contributed by atoms with E-state index in [2.05, 4.69) is 27.5 Å². The average Bonchev–Trinajstić information content (AvgIpc) is 3.54. The number of nitrogens with zero attached hydrogens (tertiary/aromatic N) is 7. The second kappa shape index (κ2) is 11.8. The number of hydrogen-bond acceptors (Lipinski definition) is 7. The number of para-hydroxylation sites is 1. The molecule has 5 heterocycles. The van der Waals surface area contributed by atoms with Gasteiger partial charge in [0, 0.05) is 50.9 Å². The molecule has 0 saturated carbocycles. The molecule has 0 unspecified atom stereocenters. The van der Waals surface area contributed by atoms with E-state index in [1.807, 2.05) is 25.1 Å². The van der Waals surface area contributed by atoms with Crippen LogP contribution in [0.2, 0.25) is 0 Å². The number of amides is 3. The first kappa shape index (κ1) is 31.7. The smallest absolute Gasteiger partial charge is 0.365 e. The van der Waals surface area contributed by atoms with Crippen LogP contribution in [0.15, 0.2) is 55.3 Å². The van der Waals surface area contributed by atoms with Crippen molar-refractivity contribution in [1.29, 1.82) is 5.26 Å².